The van der Waals surface area contributed by atoms with E-state index in [9.17, 15) is 4.79 Å². The van der Waals surface area contributed by atoms with Gasteiger partial charge in [0.05, 0.1) is 24.6 Å². The second-order valence-corrected chi connectivity index (χ2v) is 6.33. The van der Waals surface area contributed by atoms with Crippen LogP contribution in [0.1, 0.15) is 26.5 Å². The summed E-state index contributed by atoms with van der Waals surface area (Å²) in [7, 11) is 0. The Morgan fingerprint density at radius 1 is 1.35 bits per heavy atom. The molecule has 0 radical (unpaired) electrons. The smallest absolute Gasteiger partial charge is 0.339 e. The molecule has 26 heavy (non-hydrogen) atoms. The quantitative estimate of drug-likeness (QED) is 0.463. The lowest BCUT2D eigenvalue weighted by atomic mass is 10.3. The summed E-state index contributed by atoms with van der Waals surface area (Å²) in [6.07, 6.45) is 4.85. The van der Waals surface area contributed by atoms with Crippen LogP contribution in [0.3, 0.4) is 0 Å². The molecule has 0 aliphatic heterocycles. The van der Waals surface area contributed by atoms with Crippen LogP contribution in [0.15, 0.2) is 35.5 Å². The van der Waals surface area contributed by atoms with Crippen molar-refractivity contribution in [2.75, 3.05) is 6.61 Å². The van der Waals surface area contributed by atoms with Gasteiger partial charge in [-0.3, -0.25) is 8.58 Å². The van der Waals surface area contributed by atoms with Crippen molar-refractivity contribution in [3.8, 4) is 17.3 Å². The lowest BCUT2D eigenvalue weighted by Gasteiger charge is -2.14. The number of hydrogen-bond donors (Lipinski definition) is 0. The van der Waals surface area contributed by atoms with Crippen LogP contribution in [0.5, 0.6) is 11.5 Å². The lowest BCUT2D eigenvalue weighted by molar-refractivity contribution is 0.241. The summed E-state index contributed by atoms with van der Waals surface area (Å²) in [5, 5.41) is 0. The first-order valence-corrected chi connectivity index (χ1v) is 8.87. The highest BCUT2D eigenvalue weighted by Gasteiger charge is 2.15. The zero-order valence-electron chi connectivity index (χ0n) is 15.0. The third-order valence-electron chi connectivity index (χ3n) is 3.34. The molecule has 3 heterocycles. The molecule has 8 nitrogen and oxygen atoms in total. The molecule has 0 bridgehead atoms. The summed E-state index contributed by atoms with van der Waals surface area (Å²) in [5.41, 5.74) is 1.05. The summed E-state index contributed by atoms with van der Waals surface area (Å²) >= 11 is 0.826. The van der Waals surface area contributed by atoms with Crippen molar-refractivity contribution in [3.05, 3.63) is 46.9 Å². The van der Waals surface area contributed by atoms with E-state index in [1.807, 2.05) is 27.7 Å². The molecular formula is C17H20N4O4S. The van der Waals surface area contributed by atoms with E-state index in [2.05, 4.69) is 9.97 Å². The first-order valence-electron chi connectivity index (χ1n) is 8.20. The molecule has 3 aromatic heterocycles. The molecule has 3 aromatic rings. The average Bonchev–Trinajstić information content (AvgIpc) is 2.97. The SMILES string of the molecule is CCOSOc1cc(OC(C)C)cnc1-n1ccc2nc(C)cn2c1=O. The number of aromatic nitrogens is 4. The lowest BCUT2D eigenvalue weighted by Crippen LogP contribution is -2.25. The van der Waals surface area contributed by atoms with Gasteiger partial charge in [-0.05, 0) is 33.8 Å². The monoisotopic (exact) mass is 376 g/mol. The van der Waals surface area contributed by atoms with Crippen LogP contribution in [-0.4, -0.2) is 31.6 Å². The molecule has 0 saturated heterocycles. The molecule has 0 aliphatic rings. The van der Waals surface area contributed by atoms with Gasteiger partial charge in [0.1, 0.15) is 11.4 Å². The standard InChI is InChI=1S/C17H20N4O4S/c1-5-23-26-25-14-8-13(24-11(2)3)9-18-16(14)20-7-6-15-19-12(4)10-21(15)17(20)22/h6-11H,5H2,1-4H3. The Kier molecular flexibility index (Phi) is 5.48. The normalized spacial score (nSPS) is 11.3. The first-order chi connectivity index (χ1) is 12.5. The molecule has 138 valence electrons. The number of rotatable bonds is 7. The van der Waals surface area contributed by atoms with Crippen LogP contribution in [-0.2, 0) is 4.18 Å². The van der Waals surface area contributed by atoms with Crippen molar-refractivity contribution in [3.63, 3.8) is 0 Å². The maximum atomic E-state index is 12.8. The maximum Gasteiger partial charge on any atom is 0.339 e. The maximum absolute atomic E-state index is 12.8. The highest BCUT2D eigenvalue weighted by molar-refractivity contribution is 7.90. The summed E-state index contributed by atoms with van der Waals surface area (Å²) in [4.78, 5) is 21.5. The zero-order chi connectivity index (χ0) is 18.7. The molecule has 9 heteroatoms. The Hall–Kier alpha value is -2.52. The third kappa shape index (κ3) is 3.83. The number of fused-ring (bicyclic) bond motifs is 1. The van der Waals surface area contributed by atoms with Gasteiger partial charge in [0.2, 0.25) is 12.3 Å². The van der Waals surface area contributed by atoms with Gasteiger partial charge in [-0.25, -0.2) is 19.3 Å². The molecule has 0 N–H and O–H groups in total. The van der Waals surface area contributed by atoms with Gasteiger partial charge in [0.15, 0.2) is 11.6 Å². The molecule has 0 fully saturated rings. The van der Waals surface area contributed by atoms with Crippen LogP contribution in [0.25, 0.3) is 11.5 Å². The Bertz CT molecular complexity index is 967. The molecule has 0 aromatic carbocycles. The molecule has 0 unspecified atom stereocenters. The van der Waals surface area contributed by atoms with E-state index >= 15 is 0 Å². The van der Waals surface area contributed by atoms with Crippen LogP contribution in [0, 0.1) is 6.92 Å². The Labute approximate surface area is 155 Å². The number of hydrogen-bond acceptors (Lipinski definition) is 7. The minimum Gasteiger partial charge on any atom is -0.489 e. The fourth-order valence-electron chi connectivity index (χ4n) is 2.38. The fourth-order valence-corrected chi connectivity index (χ4v) is 2.72. The Balaban J connectivity index is 2.07. The Morgan fingerprint density at radius 3 is 2.88 bits per heavy atom. The van der Waals surface area contributed by atoms with E-state index in [0.717, 1.165) is 18.0 Å². The summed E-state index contributed by atoms with van der Waals surface area (Å²) in [5.74, 6) is 1.25. The molecule has 0 aliphatic carbocycles. The largest absolute Gasteiger partial charge is 0.489 e. The molecule has 0 amide bonds. The van der Waals surface area contributed by atoms with Crippen molar-refractivity contribution in [2.24, 2.45) is 0 Å². The Morgan fingerprint density at radius 2 is 2.15 bits per heavy atom. The van der Waals surface area contributed by atoms with Crippen molar-refractivity contribution in [1.82, 2.24) is 18.9 Å². The minimum absolute atomic E-state index is 0.0111. The average molecular weight is 376 g/mol. The number of nitrogens with zero attached hydrogens (tertiary/aromatic N) is 4. The van der Waals surface area contributed by atoms with E-state index < -0.39 is 0 Å². The zero-order valence-corrected chi connectivity index (χ0v) is 15.8. The number of imidazole rings is 1. The molecule has 3 rings (SSSR count). The highest BCUT2D eigenvalue weighted by Crippen LogP contribution is 2.28. The van der Waals surface area contributed by atoms with Crippen LogP contribution < -0.4 is 14.6 Å². The van der Waals surface area contributed by atoms with E-state index in [1.54, 1.807) is 30.7 Å². The number of ether oxygens (including phenoxy) is 1. The van der Waals surface area contributed by atoms with Crippen LogP contribution in [0.4, 0.5) is 0 Å². The van der Waals surface area contributed by atoms with Gasteiger partial charge in [-0.15, -0.1) is 0 Å². The number of pyridine rings is 1. The van der Waals surface area contributed by atoms with Crippen molar-refractivity contribution in [1.29, 1.82) is 0 Å². The van der Waals surface area contributed by atoms with Gasteiger partial charge in [-0.1, -0.05) is 0 Å². The summed E-state index contributed by atoms with van der Waals surface area (Å²) in [6, 6.07) is 3.43. The van der Waals surface area contributed by atoms with E-state index in [1.165, 1.54) is 8.97 Å². The van der Waals surface area contributed by atoms with Crippen molar-refractivity contribution in [2.45, 2.75) is 33.8 Å². The van der Waals surface area contributed by atoms with E-state index in [-0.39, 0.29) is 11.8 Å². The predicted molar refractivity (Wildman–Crippen MR) is 98.9 cm³/mol. The first kappa shape index (κ1) is 18.3. The molecule has 0 spiro atoms. The van der Waals surface area contributed by atoms with E-state index in [4.69, 9.17) is 13.1 Å². The van der Waals surface area contributed by atoms with Gasteiger partial charge in [-0.2, -0.15) is 0 Å². The second-order valence-electron chi connectivity index (χ2n) is 5.80. The molecular weight excluding hydrogens is 356 g/mol. The molecule has 0 saturated carbocycles. The molecule has 0 atom stereocenters. The van der Waals surface area contributed by atoms with Crippen LogP contribution in [0.2, 0.25) is 0 Å². The third-order valence-corrected chi connectivity index (χ3v) is 3.92. The van der Waals surface area contributed by atoms with Crippen molar-refractivity contribution >= 4 is 18.0 Å². The summed E-state index contributed by atoms with van der Waals surface area (Å²) in [6.45, 7) is 8.01. The minimum atomic E-state index is -0.292. The summed E-state index contributed by atoms with van der Waals surface area (Å²) < 4.78 is 19.3. The second kappa shape index (κ2) is 7.79. The van der Waals surface area contributed by atoms with Crippen molar-refractivity contribution < 1.29 is 13.1 Å². The van der Waals surface area contributed by atoms with E-state index in [0.29, 0.717) is 29.6 Å². The van der Waals surface area contributed by atoms with Gasteiger partial charge < -0.3 is 8.92 Å². The van der Waals surface area contributed by atoms with Crippen LogP contribution >= 0.6 is 12.3 Å². The van der Waals surface area contributed by atoms with Gasteiger partial charge in [0, 0.05) is 18.5 Å². The fraction of sp³-hybridized carbons (Fsp3) is 0.353. The highest BCUT2D eigenvalue weighted by atomic mass is 32.2. The topological polar surface area (TPSA) is 79.9 Å². The van der Waals surface area contributed by atoms with Gasteiger partial charge >= 0.3 is 5.69 Å². The predicted octanol–water partition coefficient (Wildman–Crippen LogP) is 2.95. The van der Waals surface area contributed by atoms with Gasteiger partial charge in [0.25, 0.3) is 0 Å². The number of aryl methyl sites for hydroxylation is 1.